The molecule has 0 saturated heterocycles. The second-order valence-electron chi connectivity index (χ2n) is 3.31. The summed E-state index contributed by atoms with van der Waals surface area (Å²) in [6, 6.07) is 0.534. The Hall–Kier alpha value is -0.830. The molecule has 0 fully saturated rings. The maximum Gasteiger partial charge on any atom is 0.304 e. The van der Waals surface area contributed by atoms with E-state index >= 15 is 0 Å². The van der Waals surface area contributed by atoms with E-state index in [1.165, 1.54) is 0 Å². The summed E-state index contributed by atoms with van der Waals surface area (Å²) in [5, 5.41) is 11.8. The second-order valence-corrected chi connectivity index (χ2v) is 3.31. The molecule has 1 atom stereocenters. The van der Waals surface area contributed by atoms with Gasteiger partial charge in [-0.1, -0.05) is 12.2 Å². The smallest absolute Gasteiger partial charge is 0.304 e. The summed E-state index contributed by atoms with van der Waals surface area (Å²) in [5.74, 6) is -0.735. The van der Waals surface area contributed by atoms with E-state index in [1.54, 1.807) is 0 Å². The normalized spacial score (nSPS) is 19.8. The molecule has 0 bridgehead atoms. The van der Waals surface area contributed by atoms with Gasteiger partial charge < -0.3 is 10.4 Å². The molecule has 68 valence electrons. The van der Waals surface area contributed by atoms with Gasteiger partial charge in [-0.2, -0.15) is 0 Å². The number of carbonyl (C=O) groups is 1. The van der Waals surface area contributed by atoms with Gasteiger partial charge in [0.05, 0.1) is 6.42 Å². The maximum atomic E-state index is 10.3. The first-order chi connectivity index (χ1) is 5.68. The standard InChI is InChI=1S/C9H15NO2/c1-7(6-9(11)12)10-8-4-2-3-5-8/h2-3,7-8,10H,4-6H2,1H3,(H,11,12). The van der Waals surface area contributed by atoms with E-state index in [1.807, 2.05) is 6.92 Å². The number of hydrogen-bond donors (Lipinski definition) is 2. The number of hydrogen-bond acceptors (Lipinski definition) is 2. The number of rotatable bonds is 4. The number of aliphatic carboxylic acids is 1. The fraction of sp³-hybridized carbons (Fsp3) is 0.667. The van der Waals surface area contributed by atoms with E-state index in [9.17, 15) is 4.79 Å². The first-order valence-corrected chi connectivity index (χ1v) is 4.31. The molecule has 1 aliphatic carbocycles. The van der Waals surface area contributed by atoms with E-state index in [0.29, 0.717) is 6.04 Å². The van der Waals surface area contributed by atoms with Crippen LogP contribution in [0.1, 0.15) is 26.2 Å². The molecule has 2 N–H and O–H groups in total. The van der Waals surface area contributed by atoms with Crippen molar-refractivity contribution in [2.24, 2.45) is 0 Å². The zero-order chi connectivity index (χ0) is 8.97. The number of carboxylic acids is 1. The highest BCUT2D eigenvalue weighted by Gasteiger charge is 2.14. The highest BCUT2D eigenvalue weighted by Crippen LogP contribution is 2.10. The van der Waals surface area contributed by atoms with Crippen molar-refractivity contribution in [1.29, 1.82) is 0 Å². The van der Waals surface area contributed by atoms with Gasteiger partial charge in [-0.3, -0.25) is 4.79 Å². The van der Waals surface area contributed by atoms with Crippen molar-refractivity contribution in [2.45, 2.75) is 38.3 Å². The molecule has 3 nitrogen and oxygen atoms in total. The molecule has 0 heterocycles. The lowest BCUT2D eigenvalue weighted by Gasteiger charge is -2.17. The predicted molar refractivity (Wildman–Crippen MR) is 47.0 cm³/mol. The Morgan fingerprint density at radius 1 is 1.67 bits per heavy atom. The van der Waals surface area contributed by atoms with Crippen LogP contribution in [0.15, 0.2) is 12.2 Å². The van der Waals surface area contributed by atoms with Crippen LogP contribution in [-0.4, -0.2) is 23.2 Å². The minimum atomic E-state index is -0.735. The van der Waals surface area contributed by atoms with Gasteiger partial charge in [0.1, 0.15) is 0 Å². The number of carboxylic acid groups (broad SMARTS) is 1. The second kappa shape index (κ2) is 4.26. The largest absolute Gasteiger partial charge is 0.481 e. The summed E-state index contributed by atoms with van der Waals surface area (Å²) in [6.07, 6.45) is 6.53. The van der Waals surface area contributed by atoms with Crippen molar-refractivity contribution in [3.8, 4) is 0 Å². The lowest BCUT2D eigenvalue weighted by atomic mass is 10.1. The molecule has 0 spiro atoms. The van der Waals surface area contributed by atoms with E-state index in [0.717, 1.165) is 12.8 Å². The Bertz CT molecular complexity index is 181. The molecule has 1 rings (SSSR count). The lowest BCUT2D eigenvalue weighted by Crippen LogP contribution is -2.36. The molecule has 0 radical (unpaired) electrons. The van der Waals surface area contributed by atoms with Gasteiger partial charge in [-0.25, -0.2) is 0 Å². The highest BCUT2D eigenvalue weighted by atomic mass is 16.4. The molecule has 0 aromatic rings. The molecule has 0 aromatic heterocycles. The molecular weight excluding hydrogens is 154 g/mol. The van der Waals surface area contributed by atoms with E-state index in [2.05, 4.69) is 17.5 Å². The zero-order valence-electron chi connectivity index (χ0n) is 7.29. The molecule has 0 aromatic carbocycles. The average Bonchev–Trinajstić information content (AvgIpc) is 2.37. The van der Waals surface area contributed by atoms with Crippen LogP contribution in [0.3, 0.4) is 0 Å². The van der Waals surface area contributed by atoms with E-state index in [-0.39, 0.29) is 12.5 Å². The van der Waals surface area contributed by atoms with Gasteiger partial charge in [-0.05, 0) is 19.8 Å². The Labute approximate surface area is 72.5 Å². The van der Waals surface area contributed by atoms with Gasteiger partial charge in [0.15, 0.2) is 0 Å². The summed E-state index contributed by atoms with van der Waals surface area (Å²) < 4.78 is 0. The molecule has 0 saturated carbocycles. The van der Waals surface area contributed by atoms with Gasteiger partial charge in [-0.15, -0.1) is 0 Å². The summed E-state index contributed by atoms with van der Waals surface area (Å²) >= 11 is 0. The summed E-state index contributed by atoms with van der Waals surface area (Å²) in [4.78, 5) is 10.3. The maximum absolute atomic E-state index is 10.3. The van der Waals surface area contributed by atoms with Gasteiger partial charge in [0.2, 0.25) is 0 Å². The molecule has 0 aliphatic heterocycles. The molecule has 3 heteroatoms. The fourth-order valence-corrected chi connectivity index (χ4v) is 1.48. The van der Waals surface area contributed by atoms with Crippen molar-refractivity contribution < 1.29 is 9.90 Å². The van der Waals surface area contributed by atoms with Crippen molar-refractivity contribution in [1.82, 2.24) is 5.32 Å². The van der Waals surface area contributed by atoms with Crippen LogP contribution in [0.5, 0.6) is 0 Å². The third kappa shape index (κ3) is 3.05. The zero-order valence-corrected chi connectivity index (χ0v) is 7.29. The van der Waals surface area contributed by atoms with Crippen LogP contribution in [0.2, 0.25) is 0 Å². The lowest BCUT2D eigenvalue weighted by molar-refractivity contribution is -0.137. The molecule has 1 unspecified atom stereocenters. The quantitative estimate of drug-likeness (QED) is 0.621. The Morgan fingerprint density at radius 2 is 2.25 bits per heavy atom. The van der Waals surface area contributed by atoms with Crippen molar-refractivity contribution in [2.75, 3.05) is 0 Å². The van der Waals surface area contributed by atoms with Crippen LogP contribution < -0.4 is 5.32 Å². The molecule has 1 aliphatic rings. The summed E-state index contributed by atoms with van der Waals surface area (Å²) in [6.45, 7) is 1.91. The third-order valence-electron chi connectivity index (χ3n) is 2.01. The van der Waals surface area contributed by atoms with Crippen LogP contribution in [0.25, 0.3) is 0 Å². The van der Waals surface area contributed by atoms with Gasteiger partial charge >= 0.3 is 5.97 Å². The Kier molecular flexibility index (Phi) is 3.29. The SMILES string of the molecule is CC(CC(=O)O)NC1CC=CC1. The highest BCUT2D eigenvalue weighted by molar-refractivity contribution is 5.67. The summed E-state index contributed by atoms with van der Waals surface area (Å²) in [5.41, 5.74) is 0. The van der Waals surface area contributed by atoms with Crippen LogP contribution in [0.4, 0.5) is 0 Å². The Balaban J connectivity index is 2.17. The molecular formula is C9H15NO2. The Morgan fingerprint density at radius 3 is 2.75 bits per heavy atom. The minimum absolute atomic E-state index is 0.0763. The van der Waals surface area contributed by atoms with Crippen LogP contribution in [-0.2, 0) is 4.79 Å². The monoisotopic (exact) mass is 169 g/mol. The summed E-state index contributed by atoms with van der Waals surface area (Å²) in [7, 11) is 0. The van der Waals surface area contributed by atoms with Crippen molar-refractivity contribution in [3.63, 3.8) is 0 Å². The van der Waals surface area contributed by atoms with E-state index in [4.69, 9.17) is 5.11 Å². The van der Waals surface area contributed by atoms with Gasteiger partial charge in [0.25, 0.3) is 0 Å². The first kappa shape index (κ1) is 9.26. The number of nitrogens with one attached hydrogen (secondary N) is 1. The average molecular weight is 169 g/mol. The molecule has 0 amide bonds. The predicted octanol–water partition coefficient (Wildman–Crippen LogP) is 1.16. The van der Waals surface area contributed by atoms with Crippen LogP contribution in [0, 0.1) is 0 Å². The minimum Gasteiger partial charge on any atom is -0.481 e. The van der Waals surface area contributed by atoms with Gasteiger partial charge in [0, 0.05) is 12.1 Å². The first-order valence-electron chi connectivity index (χ1n) is 4.31. The molecule has 12 heavy (non-hydrogen) atoms. The van der Waals surface area contributed by atoms with Crippen LogP contribution >= 0.6 is 0 Å². The van der Waals surface area contributed by atoms with Crippen molar-refractivity contribution >= 4 is 5.97 Å². The topological polar surface area (TPSA) is 49.3 Å². The fourth-order valence-electron chi connectivity index (χ4n) is 1.48. The van der Waals surface area contributed by atoms with Crippen molar-refractivity contribution in [3.05, 3.63) is 12.2 Å². The third-order valence-corrected chi connectivity index (χ3v) is 2.01. The van der Waals surface area contributed by atoms with E-state index < -0.39 is 5.97 Å².